The van der Waals surface area contributed by atoms with Gasteiger partial charge in [-0.2, -0.15) is 0 Å². The Balaban J connectivity index is 1.62. The van der Waals surface area contributed by atoms with Gasteiger partial charge in [-0.25, -0.2) is 4.99 Å². The standard InChI is InChI=1S/C24H32N4O3/c1-27(2)23(29)18-26-24(25-17-19-9-11-20(30-3)12-10-19)28-15-13-22(14-16-28)31-21-7-5-4-6-8-21/h4-12,22H,13-18H2,1-3H3,(H,25,26). The number of aliphatic imine (C=N–C) groups is 1. The second kappa shape index (κ2) is 11.2. The molecule has 0 aliphatic carbocycles. The maximum Gasteiger partial charge on any atom is 0.241 e. The Morgan fingerprint density at radius 1 is 1.06 bits per heavy atom. The molecule has 3 rings (SSSR count). The number of guanidine groups is 1. The van der Waals surface area contributed by atoms with E-state index in [4.69, 9.17) is 14.5 Å². The first kappa shape index (κ1) is 22.5. The third-order valence-electron chi connectivity index (χ3n) is 5.25. The fraction of sp³-hybridized carbons (Fsp3) is 0.417. The molecule has 1 fully saturated rings. The van der Waals surface area contributed by atoms with Gasteiger partial charge in [-0.15, -0.1) is 0 Å². The van der Waals surface area contributed by atoms with Gasteiger partial charge in [0.05, 0.1) is 20.2 Å². The summed E-state index contributed by atoms with van der Waals surface area (Å²) in [5.74, 6) is 2.50. The molecule has 0 aromatic heterocycles. The molecule has 1 amide bonds. The average Bonchev–Trinajstić information content (AvgIpc) is 2.80. The first-order valence-electron chi connectivity index (χ1n) is 10.6. The summed E-state index contributed by atoms with van der Waals surface area (Å²) in [6, 6.07) is 17.8. The Hall–Kier alpha value is -3.22. The monoisotopic (exact) mass is 424 g/mol. The summed E-state index contributed by atoms with van der Waals surface area (Å²) in [4.78, 5) is 20.7. The van der Waals surface area contributed by atoms with Gasteiger partial charge in [-0.05, 0) is 29.8 Å². The van der Waals surface area contributed by atoms with E-state index in [9.17, 15) is 4.79 Å². The number of para-hydroxylation sites is 1. The number of rotatable bonds is 7. The van der Waals surface area contributed by atoms with Crippen molar-refractivity contribution in [3.63, 3.8) is 0 Å². The Bertz CT molecular complexity index is 845. The molecular weight excluding hydrogens is 392 g/mol. The fourth-order valence-electron chi connectivity index (χ4n) is 3.35. The predicted octanol–water partition coefficient (Wildman–Crippen LogP) is 2.77. The molecule has 7 nitrogen and oxygen atoms in total. The highest BCUT2D eigenvalue weighted by Gasteiger charge is 2.23. The number of likely N-dealkylation sites (tertiary alicyclic amines) is 1. The number of carbonyl (C=O) groups excluding carboxylic acids is 1. The summed E-state index contributed by atoms with van der Waals surface area (Å²) >= 11 is 0. The zero-order chi connectivity index (χ0) is 22.1. The van der Waals surface area contributed by atoms with Crippen LogP contribution in [0.2, 0.25) is 0 Å². The number of hydrogen-bond donors (Lipinski definition) is 1. The highest BCUT2D eigenvalue weighted by molar-refractivity contribution is 5.86. The second-order valence-corrected chi connectivity index (χ2v) is 7.75. The van der Waals surface area contributed by atoms with Gasteiger partial charge < -0.3 is 24.6 Å². The van der Waals surface area contributed by atoms with Crippen molar-refractivity contribution in [1.82, 2.24) is 15.1 Å². The van der Waals surface area contributed by atoms with Crippen LogP contribution in [0.5, 0.6) is 11.5 Å². The summed E-state index contributed by atoms with van der Waals surface area (Å²) in [7, 11) is 5.16. The Morgan fingerprint density at radius 2 is 1.74 bits per heavy atom. The van der Waals surface area contributed by atoms with E-state index in [0.717, 1.165) is 49.0 Å². The predicted molar refractivity (Wildman–Crippen MR) is 122 cm³/mol. The van der Waals surface area contributed by atoms with Crippen molar-refractivity contribution >= 4 is 11.9 Å². The van der Waals surface area contributed by atoms with Gasteiger partial charge >= 0.3 is 0 Å². The van der Waals surface area contributed by atoms with Crippen LogP contribution in [0.15, 0.2) is 59.6 Å². The normalized spacial score (nSPS) is 14.8. The third-order valence-corrected chi connectivity index (χ3v) is 5.25. The second-order valence-electron chi connectivity index (χ2n) is 7.75. The number of amides is 1. The van der Waals surface area contributed by atoms with Gasteiger partial charge in [0, 0.05) is 40.0 Å². The number of benzene rings is 2. The SMILES string of the molecule is COc1ccc(CN=C(NCC(=O)N(C)C)N2CCC(Oc3ccccc3)CC2)cc1. The third kappa shape index (κ3) is 6.91. The number of carbonyl (C=O) groups is 1. The van der Waals surface area contributed by atoms with E-state index in [1.807, 2.05) is 54.6 Å². The van der Waals surface area contributed by atoms with Crippen LogP contribution in [0.4, 0.5) is 0 Å². The number of piperidine rings is 1. The van der Waals surface area contributed by atoms with Crippen LogP contribution in [-0.2, 0) is 11.3 Å². The molecule has 7 heteroatoms. The van der Waals surface area contributed by atoms with Crippen molar-refractivity contribution in [1.29, 1.82) is 0 Å². The smallest absolute Gasteiger partial charge is 0.241 e. The van der Waals surface area contributed by atoms with Gasteiger partial charge in [-0.1, -0.05) is 30.3 Å². The number of nitrogens with one attached hydrogen (secondary N) is 1. The molecule has 2 aromatic rings. The van der Waals surface area contributed by atoms with E-state index in [2.05, 4.69) is 10.2 Å². The van der Waals surface area contributed by atoms with E-state index < -0.39 is 0 Å². The highest BCUT2D eigenvalue weighted by atomic mass is 16.5. The summed E-state index contributed by atoms with van der Waals surface area (Å²) in [6.07, 6.45) is 1.99. The number of nitrogens with zero attached hydrogens (tertiary/aromatic N) is 3. The lowest BCUT2D eigenvalue weighted by Gasteiger charge is -2.34. The van der Waals surface area contributed by atoms with Crippen molar-refractivity contribution in [2.45, 2.75) is 25.5 Å². The minimum atomic E-state index is 0.0134. The number of hydrogen-bond acceptors (Lipinski definition) is 4. The highest BCUT2D eigenvalue weighted by Crippen LogP contribution is 2.19. The van der Waals surface area contributed by atoms with Crippen LogP contribution in [0, 0.1) is 0 Å². The van der Waals surface area contributed by atoms with Crippen molar-refractivity contribution in [2.75, 3.05) is 40.8 Å². The molecule has 31 heavy (non-hydrogen) atoms. The largest absolute Gasteiger partial charge is 0.497 e. The van der Waals surface area contributed by atoms with Gasteiger partial charge in [0.15, 0.2) is 5.96 Å². The first-order valence-corrected chi connectivity index (χ1v) is 10.6. The molecule has 0 spiro atoms. The lowest BCUT2D eigenvalue weighted by Crippen LogP contribution is -2.49. The lowest BCUT2D eigenvalue weighted by molar-refractivity contribution is -0.127. The molecule has 1 heterocycles. The van der Waals surface area contributed by atoms with Gasteiger partial charge in [0.2, 0.25) is 5.91 Å². The van der Waals surface area contributed by atoms with E-state index in [-0.39, 0.29) is 18.6 Å². The molecule has 0 radical (unpaired) electrons. The van der Waals surface area contributed by atoms with Crippen LogP contribution in [0.1, 0.15) is 18.4 Å². The minimum absolute atomic E-state index is 0.0134. The van der Waals surface area contributed by atoms with Crippen molar-refractivity contribution in [2.24, 2.45) is 4.99 Å². The molecule has 1 aliphatic rings. The molecule has 166 valence electrons. The summed E-state index contributed by atoms with van der Waals surface area (Å²) in [5, 5.41) is 3.25. The average molecular weight is 425 g/mol. The van der Waals surface area contributed by atoms with Crippen LogP contribution >= 0.6 is 0 Å². The first-order chi connectivity index (χ1) is 15.0. The van der Waals surface area contributed by atoms with Gasteiger partial charge in [0.1, 0.15) is 17.6 Å². The molecule has 2 aromatic carbocycles. The summed E-state index contributed by atoms with van der Waals surface area (Å²) in [6.45, 7) is 2.39. The molecular formula is C24H32N4O3. The topological polar surface area (TPSA) is 66.4 Å². The summed E-state index contributed by atoms with van der Waals surface area (Å²) in [5.41, 5.74) is 1.08. The lowest BCUT2D eigenvalue weighted by atomic mass is 10.1. The number of likely N-dealkylation sites (N-methyl/N-ethyl adjacent to an activating group) is 1. The van der Waals surface area contributed by atoms with Crippen LogP contribution in [0.3, 0.4) is 0 Å². The van der Waals surface area contributed by atoms with Gasteiger partial charge in [0.25, 0.3) is 0 Å². The van der Waals surface area contributed by atoms with Crippen molar-refractivity contribution in [3.05, 3.63) is 60.2 Å². The van der Waals surface area contributed by atoms with E-state index >= 15 is 0 Å². The molecule has 1 saturated heterocycles. The van der Waals surface area contributed by atoms with Crippen LogP contribution in [0.25, 0.3) is 0 Å². The molecule has 0 bridgehead atoms. The van der Waals surface area contributed by atoms with Crippen molar-refractivity contribution in [3.8, 4) is 11.5 Å². The van der Waals surface area contributed by atoms with E-state index in [1.54, 1.807) is 26.1 Å². The molecule has 1 aliphatic heterocycles. The molecule has 0 atom stereocenters. The molecule has 0 unspecified atom stereocenters. The molecule has 0 saturated carbocycles. The minimum Gasteiger partial charge on any atom is -0.497 e. The molecule has 1 N–H and O–H groups in total. The fourth-order valence-corrected chi connectivity index (χ4v) is 3.35. The maximum absolute atomic E-state index is 12.1. The number of ether oxygens (including phenoxy) is 2. The quantitative estimate of drug-likeness (QED) is 0.547. The maximum atomic E-state index is 12.1. The Labute approximate surface area is 184 Å². The Kier molecular flexibility index (Phi) is 8.15. The van der Waals surface area contributed by atoms with Gasteiger partial charge in [-0.3, -0.25) is 4.79 Å². The van der Waals surface area contributed by atoms with E-state index in [0.29, 0.717) is 6.54 Å². The van der Waals surface area contributed by atoms with Crippen LogP contribution < -0.4 is 14.8 Å². The Morgan fingerprint density at radius 3 is 2.35 bits per heavy atom. The van der Waals surface area contributed by atoms with E-state index in [1.165, 1.54) is 0 Å². The van der Waals surface area contributed by atoms with Crippen LogP contribution in [-0.4, -0.2) is 68.6 Å². The zero-order valence-corrected chi connectivity index (χ0v) is 18.6. The van der Waals surface area contributed by atoms with Crippen molar-refractivity contribution < 1.29 is 14.3 Å². The zero-order valence-electron chi connectivity index (χ0n) is 18.6. The number of methoxy groups -OCH3 is 1. The summed E-state index contributed by atoms with van der Waals surface area (Å²) < 4.78 is 11.3.